The van der Waals surface area contributed by atoms with Crippen molar-refractivity contribution in [3.8, 4) is 0 Å². The molecule has 0 saturated carbocycles. The van der Waals surface area contributed by atoms with Gasteiger partial charge in [0.15, 0.2) is 0 Å². The van der Waals surface area contributed by atoms with E-state index in [-0.39, 0.29) is 5.54 Å². The van der Waals surface area contributed by atoms with Crippen molar-refractivity contribution in [2.75, 3.05) is 0 Å². The Morgan fingerprint density at radius 2 is 1.94 bits per heavy atom. The van der Waals surface area contributed by atoms with Crippen LogP contribution in [0.4, 0.5) is 0 Å². The highest BCUT2D eigenvalue weighted by molar-refractivity contribution is 7.12. The van der Waals surface area contributed by atoms with Crippen molar-refractivity contribution in [2.24, 2.45) is 5.73 Å². The van der Waals surface area contributed by atoms with Gasteiger partial charge < -0.3 is 5.73 Å². The highest BCUT2D eigenvalue weighted by atomic mass is 32.1. The second-order valence-corrected chi connectivity index (χ2v) is 5.98. The summed E-state index contributed by atoms with van der Waals surface area (Å²) in [5, 5.41) is 1.20. The Hall–Kier alpha value is -0.410. The third-order valence-corrected chi connectivity index (χ3v) is 4.79. The van der Waals surface area contributed by atoms with Gasteiger partial charge in [-0.2, -0.15) is 0 Å². The summed E-state index contributed by atoms with van der Waals surface area (Å²) in [6, 6.07) is 0. The van der Waals surface area contributed by atoms with Crippen LogP contribution in [-0.2, 0) is 18.4 Å². The fraction of sp³-hybridized carbons (Fsp3) is 0.769. The summed E-state index contributed by atoms with van der Waals surface area (Å²) in [6.07, 6.45) is 8.08. The van der Waals surface area contributed by atoms with Gasteiger partial charge in [0.05, 0.1) is 11.2 Å². The van der Waals surface area contributed by atoms with Crippen LogP contribution >= 0.6 is 11.3 Å². The topological polar surface area (TPSA) is 38.9 Å². The molecule has 0 radical (unpaired) electrons. The summed E-state index contributed by atoms with van der Waals surface area (Å²) in [7, 11) is 0. The molecule has 0 fully saturated rings. The number of aromatic nitrogens is 1. The van der Waals surface area contributed by atoms with Gasteiger partial charge in [0.1, 0.15) is 5.01 Å². The van der Waals surface area contributed by atoms with E-state index in [4.69, 9.17) is 10.7 Å². The van der Waals surface area contributed by atoms with Crippen molar-refractivity contribution in [1.82, 2.24) is 4.98 Å². The number of hydrogen-bond donors (Lipinski definition) is 1. The number of thiazole rings is 1. The summed E-state index contributed by atoms with van der Waals surface area (Å²) >= 11 is 1.87. The Morgan fingerprint density at radius 1 is 1.25 bits per heavy atom. The second kappa shape index (κ2) is 4.84. The predicted octanol–water partition coefficient (Wildman–Crippen LogP) is 3.39. The van der Waals surface area contributed by atoms with E-state index in [9.17, 15) is 0 Å². The van der Waals surface area contributed by atoms with Crippen LogP contribution < -0.4 is 5.73 Å². The number of nitrogens with two attached hydrogens (primary N) is 1. The molecule has 1 heterocycles. The van der Waals surface area contributed by atoms with Crippen molar-refractivity contribution < 1.29 is 0 Å². The Bertz CT molecular complexity index is 329. The van der Waals surface area contributed by atoms with E-state index in [1.165, 1.54) is 34.8 Å². The first-order valence-electron chi connectivity index (χ1n) is 6.47. The first kappa shape index (κ1) is 12.1. The van der Waals surface area contributed by atoms with E-state index in [1.807, 2.05) is 11.3 Å². The predicted molar refractivity (Wildman–Crippen MR) is 69.8 cm³/mol. The molecule has 0 unspecified atom stereocenters. The summed E-state index contributed by atoms with van der Waals surface area (Å²) in [5.74, 6) is 0. The first-order chi connectivity index (χ1) is 7.69. The van der Waals surface area contributed by atoms with Gasteiger partial charge in [0, 0.05) is 4.88 Å². The highest BCUT2D eigenvalue weighted by Gasteiger charge is 2.31. The molecule has 2 rings (SSSR count). The summed E-state index contributed by atoms with van der Waals surface area (Å²) < 4.78 is 0. The lowest BCUT2D eigenvalue weighted by Gasteiger charge is -2.26. The third-order valence-electron chi connectivity index (χ3n) is 3.41. The lowest BCUT2D eigenvalue weighted by molar-refractivity contribution is 0.367. The van der Waals surface area contributed by atoms with Crippen LogP contribution in [0.25, 0.3) is 0 Å². The van der Waals surface area contributed by atoms with E-state index in [1.54, 1.807) is 0 Å². The van der Waals surface area contributed by atoms with E-state index >= 15 is 0 Å². The number of fused-ring (bicyclic) bond motifs is 1. The smallest absolute Gasteiger partial charge is 0.113 e. The zero-order valence-corrected chi connectivity index (χ0v) is 11.2. The molecule has 1 aliphatic carbocycles. The average Bonchev–Trinajstić information content (AvgIpc) is 2.77. The molecule has 0 aromatic carbocycles. The van der Waals surface area contributed by atoms with Gasteiger partial charge in [0.2, 0.25) is 0 Å². The van der Waals surface area contributed by atoms with Crippen LogP contribution in [0.5, 0.6) is 0 Å². The monoisotopic (exact) mass is 238 g/mol. The molecule has 1 aromatic heterocycles. The number of aryl methyl sites for hydroxylation is 2. The molecule has 1 aromatic rings. The van der Waals surface area contributed by atoms with Crippen LogP contribution in [-0.4, -0.2) is 4.98 Å². The second-order valence-electron chi connectivity index (χ2n) is 4.90. The molecule has 16 heavy (non-hydrogen) atoms. The van der Waals surface area contributed by atoms with Crippen LogP contribution in [0.15, 0.2) is 0 Å². The van der Waals surface area contributed by atoms with E-state index in [0.717, 1.165) is 25.7 Å². The van der Waals surface area contributed by atoms with Gasteiger partial charge in [-0.25, -0.2) is 4.98 Å². The maximum atomic E-state index is 6.55. The fourth-order valence-corrected chi connectivity index (χ4v) is 3.94. The molecule has 2 nitrogen and oxygen atoms in total. The first-order valence-corrected chi connectivity index (χ1v) is 7.29. The SMILES string of the molecule is CCCC(N)(CCC)c1nc2c(s1)CCC2. The number of hydrogen-bond acceptors (Lipinski definition) is 3. The standard InChI is InChI=1S/C13H22N2S/c1-3-8-13(14,9-4-2)12-15-10-6-5-7-11(10)16-12/h3-9,14H2,1-2H3. The zero-order chi connectivity index (χ0) is 11.6. The maximum Gasteiger partial charge on any atom is 0.113 e. The van der Waals surface area contributed by atoms with E-state index < -0.39 is 0 Å². The van der Waals surface area contributed by atoms with Crippen LogP contribution in [0.2, 0.25) is 0 Å². The number of rotatable bonds is 5. The Balaban J connectivity index is 2.24. The van der Waals surface area contributed by atoms with E-state index in [2.05, 4.69) is 13.8 Å². The van der Waals surface area contributed by atoms with Gasteiger partial charge in [-0.15, -0.1) is 11.3 Å². The summed E-state index contributed by atoms with van der Waals surface area (Å²) in [5.41, 5.74) is 7.73. The van der Waals surface area contributed by atoms with Gasteiger partial charge in [-0.05, 0) is 32.1 Å². The molecule has 2 N–H and O–H groups in total. The summed E-state index contributed by atoms with van der Waals surface area (Å²) in [4.78, 5) is 6.29. The molecule has 0 saturated heterocycles. The minimum Gasteiger partial charge on any atom is -0.319 e. The molecule has 0 aliphatic heterocycles. The minimum absolute atomic E-state index is 0.154. The van der Waals surface area contributed by atoms with E-state index in [0.29, 0.717) is 0 Å². The normalized spacial score (nSPS) is 15.4. The van der Waals surface area contributed by atoms with Crippen molar-refractivity contribution in [3.63, 3.8) is 0 Å². The Kier molecular flexibility index (Phi) is 3.65. The quantitative estimate of drug-likeness (QED) is 0.854. The van der Waals surface area contributed by atoms with Gasteiger partial charge in [-0.1, -0.05) is 26.7 Å². The van der Waals surface area contributed by atoms with Crippen LogP contribution in [0.1, 0.15) is 61.5 Å². The van der Waals surface area contributed by atoms with Crippen molar-refractivity contribution in [3.05, 3.63) is 15.6 Å². The van der Waals surface area contributed by atoms with Gasteiger partial charge in [0.25, 0.3) is 0 Å². The minimum atomic E-state index is -0.154. The molecular weight excluding hydrogens is 216 g/mol. The van der Waals surface area contributed by atoms with Crippen molar-refractivity contribution in [2.45, 2.75) is 64.3 Å². The van der Waals surface area contributed by atoms with Crippen LogP contribution in [0, 0.1) is 0 Å². The Morgan fingerprint density at radius 3 is 2.50 bits per heavy atom. The molecule has 0 amide bonds. The highest BCUT2D eigenvalue weighted by Crippen LogP contribution is 2.36. The summed E-state index contributed by atoms with van der Waals surface area (Å²) in [6.45, 7) is 4.41. The van der Waals surface area contributed by atoms with Crippen LogP contribution in [0.3, 0.4) is 0 Å². The van der Waals surface area contributed by atoms with Crippen molar-refractivity contribution in [1.29, 1.82) is 0 Å². The van der Waals surface area contributed by atoms with Crippen molar-refractivity contribution >= 4 is 11.3 Å². The average molecular weight is 238 g/mol. The molecular formula is C13H22N2S. The third kappa shape index (κ3) is 2.16. The Labute approximate surface area is 102 Å². The lowest BCUT2D eigenvalue weighted by atomic mass is 9.90. The molecule has 3 heteroatoms. The molecule has 90 valence electrons. The maximum absolute atomic E-state index is 6.55. The lowest BCUT2D eigenvalue weighted by Crippen LogP contribution is -2.36. The zero-order valence-electron chi connectivity index (χ0n) is 10.4. The number of nitrogens with zero attached hydrogens (tertiary/aromatic N) is 1. The molecule has 1 aliphatic rings. The largest absolute Gasteiger partial charge is 0.319 e. The molecule has 0 bridgehead atoms. The molecule has 0 spiro atoms. The molecule has 0 atom stereocenters. The fourth-order valence-electron chi connectivity index (χ4n) is 2.63. The van der Waals surface area contributed by atoms with Gasteiger partial charge >= 0.3 is 0 Å². The van der Waals surface area contributed by atoms with Gasteiger partial charge in [-0.3, -0.25) is 0 Å².